The highest BCUT2D eigenvalue weighted by Gasteiger charge is 2.23. The Balaban J connectivity index is 1.94. The van der Waals surface area contributed by atoms with Crippen LogP contribution in [0.2, 0.25) is 0 Å². The Kier molecular flexibility index (Phi) is 6.75. The number of hydrogen-bond acceptors (Lipinski definition) is 5. The number of hydrogen-bond donors (Lipinski definition) is 2. The van der Waals surface area contributed by atoms with E-state index in [-0.39, 0.29) is 41.3 Å². The summed E-state index contributed by atoms with van der Waals surface area (Å²) in [7, 11) is -2.18. The third-order valence-electron chi connectivity index (χ3n) is 3.94. The molecule has 0 saturated carbocycles. The van der Waals surface area contributed by atoms with Gasteiger partial charge < -0.3 is 15.1 Å². The second-order valence-electron chi connectivity index (χ2n) is 6.13. The lowest BCUT2D eigenvalue weighted by molar-refractivity contribution is 0.0910. The zero-order valence-corrected chi connectivity index (χ0v) is 16.2. The summed E-state index contributed by atoms with van der Waals surface area (Å²) >= 11 is 0. The van der Waals surface area contributed by atoms with E-state index in [0.717, 1.165) is 0 Å². The first kappa shape index (κ1) is 20.7. The van der Waals surface area contributed by atoms with Crippen molar-refractivity contribution >= 4 is 21.8 Å². The van der Waals surface area contributed by atoms with Crippen LogP contribution in [0.15, 0.2) is 52.0 Å². The van der Waals surface area contributed by atoms with E-state index in [0.29, 0.717) is 0 Å². The van der Waals surface area contributed by atoms with E-state index >= 15 is 0 Å². The predicted molar refractivity (Wildman–Crippen MR) is 99.9 cm³/mol. The van der Waals surface area contributed by atoms with Gasteiger partial charge in [0.05, 0.1) is 11.2 Å². The van der Waals surface area contributed by atoms with E-state index in [1.165, 1.54) is 47.9 Å². The molecule has 0 atom stereocenters. The second-order valence-corrected chi connectivity index (χ2v) is 8.13. The number of carbonyl (C=O) groups excluding carboxylic acids is 2. The summed E-state index contributed by atoms with van der Waals surface area (Å²) in [5.41, 5.74) is 0.227. The fourth-order valence-corrected chi connectivity index (χ4v) is 3.60. The number of furan rings is 1. The third kappa shape index (κ3) is 5.18. The molecule has 146 valence electrons. The van der Waals surface area contributed by atoms with Gasteiger partial charge >= 0.3 is 0 Å². The molecule has 2 N–H and O–H groups in total. The monoisotopic (exact) mass is 393 g/mol. The number of rotatable bonds is 8. The van der Waals surface area contributed by atoms with Gasteiger partial charge in [0.2, 0.25) is 10.0 Å². The van der Waals surface area contributed by atoms with Crippen molar-refractivity contribution in [3.8, 4) is 0 Å². The summed E-state index contributed by atoms with van der Waals surface area (Å²) in [5.74, 6) is -0.612. The van der Waals surface area contributed by atoms with E-state index in [4.69, 9.17) is 4.42 Å². The third-order valence-corrected chi connectivity index (χ3v) is 5.97. The number of benzene rings is 1. The normalized spacial score (nSPS) is 11.6. The van der Waals surface area contributed by atoms with E-state index in [9.17, 15) is 18.0 Å². The molecule has 0 radical (unpaired) electrons. The summed E-state index contributed by atoms with van der Waals surface area (Å²) in [6.07, 6.45) is 1.40. The summed E-state index contributed by atoms with van der Waals surface area (Å²) in [6.45, 7) is 3.93. The highest BCUT2D eigenvalue weighted by atomic mass is 32.2. The van der Waals surface area contributed by atoms with Crippen molar-refractivity contribution in [1.82, 2.24) is 14.9 Å². The fourth-order valence-electron chi connectivity index (χ4n) is 2.19. The summed E-state index contributed by atoms with van der Waals surface area (Å²) in [4.78, 5) is 24.0. The molecule has 0 aliphatic rings. The first-order valence-corrected chi connectivity index (χ1v) is 9.85. The van der Waals surface area contributed by atoms with Crippen molar-refractivity contribution in [1.29, 1.82) is 0 Å². The number of nitrogens with zero attached hydrogens (tertiary/aromatic N) is 1. The molecule has 0 bridgehead atoms. The minimum atomic E-state index is -3.67. The molecular weight excluding hydrogens is 370 g/mol. The van der Waals surface area contributed by atoms with Crippen molar-refractivity contribution in [2.45, 2.75) is 24.8 Å². The molecule has 8 nitrogen and oxygen atoms in total. The maximum atomic E-state index is 12.5. The Labute approximate surface area is 158 Å². The van der Waals surface area contributed by atoms with Crippen molar-refractivity contribution in [2.24, 2.45) is 0 Å². The van der Waals surface area contributed by atoms with Crippen molar-refractivity contribution in [3.63, 3.8) is 0 Å². The van der Waals surface area contributed by atoms with Crippen LogP contribution in [-0.2, 0) is 10.0 Å². The molecular formula is C18H23N3O5S. The highest BCUT2D eigenvalue weighted by Crippen LogP contribution is 2.17. The van der Waals surface area contributed by atoms with Crippen LogP contribution in [-0.4, -0.2) is 50.7 Å². The molecule has 0 aliphatic carbocycles. The zero-order chi connectivity index (χ0) is 20.0. The Bertz CT molecular complexity index is 891. The largest absolute Gasteiger partial charge is 0.459 e. The van der Waals surface area contributed by atoms with Gasteiger partial charge in [-0.05, 0) is 44.2 Å². The van der Waals surface area contributed by atoms with Gasteiger partial charge in [-0.15, -0.1) is 0 Å². The van der Waals surface area contributed by atoms with Crippen LogP contribution in [0.4, 0.5) is 0 Å². The molecule has 0 aliphatic heterocycles. The maximum absolute atomic E-state index is 12.5. The Morgan fingerprint density at radius 3 is 2.33 bits per heavy atom. The summed E-state index contributed by atoms with van der Waals surface area (Å²) < 4.78 is 31.3. The van der Waals surface area contributed by atoms with Gasteiger partial charge in [-0.25, -0.2) is 8.42 Å². The van der Waals surface area contributed by atoms with Crippen molar-refractivity contribution in [3.05, 3.63) is 54.0 Å². The van der Waals surface area contributed by atoms with Gasteiger partial charge in [0, 0.05) is 31.7 Å². The minimum absolute atomic E-state index is 0.0532. The lowest BCUT2D eigenvalue weighted by Crippen LogP contribution is -2.35. The molecule has 1 heterocycles. The molecule has 0 saturated heterocycles. The summed E-state index contributed by atoms with van der Waals surface area (Å²) in [5, 5.41) is 5.24. The van der Waals surface area contributed by atoms with Crippen molar-refractivity contribution in [2.75, 3.05) is 20.1 Å². The second kappa shape index (κ2) is 8.83. The first-order valence-electron chi connectivity index (χ1n) is 8.41. The van der Waals surface area contributed by atoms with Crippen LogP contribution in [0.1, 0.15) is 34.8 Å². The fraction of sp³-hybridized carbons (Fsp3) is 0.333. The molecule has 2 rings (SSSR count). The lowest BCUT2D eigenvalue weighted by atomic mass is 10.2. The van der Waals surface area contributed by atoms with Gasteiger partial charge in [-0.2, -0.15) is 4.31 Å². The number of sulfonamides is 1. The Hall–Kier alpha value is -2.65. The molecule has 0 fully saturated rings. The van der Waals surface area contributed by atoms with Crippen molar-refractivity contribution < 1.29 is 22.4 Å². The number of nitrogens with one attached hydrogen (secondary N) is 2. The number of carbonyl (C=O) groups is 2. The van der Waals surface area contributed by atoms with Gasteiger partial charge in [-0.3, -0.25) is 9.59 Å². The van der Waals surface area contributed by atoms with Crippen LogP contribution in [0, 0.1) is 0 Å². The molecule has 2 amide bonds. The average Bonchev–Trinajstić information content (AvgIpc) is 3.19. The van der Waals surface area contributed by atoms with Crippen LogP contribution in [0.3, 0.4) is 0 Å². The van der Waals surface area contributed by atoms with Crippen LogP contribution in [0.5, 0.6) is 0 Å². The maximum Gasteiger partial charge on any atom is 0.287 e. The molecule has 0 spiro atoms. The molecule has 0 unspecified atom stereocenters. The standard InChI is InChI=1S/C18H23N3O5S/c1-13(2)21(3)27(24,25)15-7-4-6-14(12-15)17(22)19-9-10-20-18(23)16-8-5-11-26-16/h4-8,11-13H,9-10H2,1-3H3,(H,19,22)(H,20,23). The molecule has 27 heavy (non-hydrogen) atoms. The molecule has 1 aromatic heterocycles. The van der Waals surface area contributed by atoms with Crippen LogP contribution >= 0.6 is 0 Å². The Morgan fingerprint density at radius 1 is 1.07 bits per heavy atom. The van der Waals surface area contributed by atoms with E-state index in [1.807, 2.05) is 0 Å². The smallest absolute Gasteiger partial charge is 0.287 e. The van der Waals surface area contributed by atoms with Crippen LogP contribution in [0.25, 0.3) is 0 Å². The average molecular weight is 393 g/mol. The summed E-state index contributed by atoms with van der Waals surface area (Å²) in [6, 6.07) is 8.78. The first-order chi connectivity index (χ1) is 12.7. The highest BCUT2D eigenvalue weighted by molar-refractivity contribution is 7.89. The lowest BCUT2D eigenvalue weighted by Gasteiger charge is -2.21. The number of amides is 2. The SMILES string of the molecule is CC(C)N(C)S(=O)(=O)c1cccc(C(=O)NCCNC(=O)c2ccco2)c1. The minimum Gasteiger partial charge on any atom is -0.459 e. The van der Waals surface area contributed by atoms with Gasteiger partial charge in [-0.1, -0.05) is 6.07 Å². The quantitative estimate of drug-likeness (QED) is 0.660. The van der Waals surface area contributed by atoms with Gasteiger partial charge in [0.15, 0.2) is 5.76 Å². The van der Waals surface area contributed by atoms with E-state index in [2.05, 4.69) is 10.6 Å². The molecule has 1 aromatic carbocycles. The van der Waals surface area contributed by atoms with E-state index < -0.39 is 15.9 Å². The Morgan fingerprint density at radius 2 is 1.74 bits per heavy atom. The predicted octanol–water partition coefficient (Wildman–Crippen LogP) is 1.47. The molecule has 2 aromatic rings. The topological polar surface area (TPSA) is 109 Å². The zero-order valence-electron chi connectivity index (χ0n) is 15.4. The van der Waals surface area contributed by atoms with Crippen LogP contribution < -0.4 is 10.6 Å². The van der Waals surface area contributed by atoms with E-state index in [1.54, 1.807) is 19.9 Å². The van der Waals surface area contributed by atoms with Gasteiger partial charge in [0.25, 0.3) is 11.8 Å². The van der Waals surface area contributed by atoms with Gasteiger partial charge in [0.1, 0.15) is 0 Å². The molecule has 9 heteroatoms.